The summed E-state index contributed by atoms with van der Waals surface area (Å²) in [5, 5.41) is 2.48. The minimum absolute atomic E-state index is 0.264. The molecule has 1 N–H and O–H groups in total. The number of fused-ring (bicyclic) bond motifs is 1. The highest BCUT2D eigenvalue weighted by atomic mass is 32.2. The Labute approximate surface area is 178 Å². The summed E-state index contributed by atoms with van der Waals surface area (Å²) >= 11 is 0. The van der Waals surface area contributed by atoms with Crippen LogP contribution in [0.1, 0.15) is 11.1 Å². The first-order chi connectivity index (χ1) is 14.6. The van der Waals surface area contributed by atoms with Gasteiger partial charge in [-0.05, 0) is 55.3 Å². The number of nitrogens with zero attached hydrogens (tertiary/aromatic N) is 2. The van der Waals surface area contributed by atoms with Gasteiger partial charge < -0.3 is 4.57 Å². The van der Waals surface area contributed by atoms with Gasteiger partial charge in [0.25, 0.3) is 10.0 Å². The van der Waals surface area contributed by atoms with Crippen molar-refractivity contribution in [2.75, 3.05) is 4.72 Å². The van der Waals surface area contributed by atoms with Gasteiger partial charge in [-0.25, -0.2) is 17.2 Å². The fraction of sp³-hybridized carbons (Fsp3) is 0.0870. The van der Waals surface area contributed by atoms with Crippen LogP contribution in [0.15, 0.2) is 53.7 Å². The molecule has 31 heavy (non-hydrogen) atoms. The molecule has 5 nitrogen and oxygen atoms in total. The molecule has 0 aliphatic heterocycles. The van der Waals surface area contributed by atoms with Crippen molar-refractivity contribution < 1.29 is 17.2 Å². The second kappa shape index (κ2) is 7.31. The molecule has 0 fully saturated rings. The molecule has 2 aromatic heterocycles. The van der Waals surface area contributed by atoms with Crippen LogP contribution in [-0.4, -0.2) is 18.0 Å². The molecular weight excluding hydrogens is 420 g/mol. The second-order valence-electron chi connectivity index (χ2n) is 7.31. The molecule has 0 radical (unpaired) electrons. The van der Waals surface area contributed by atoms with Crippen molar-refractivity contribution in [1.29, 1.82) is 0 Å². The van der Waals surface area contributed by atoms with Crippen molar-refractivity contribution in [3.63, 3.8) is 0 Å². The Bertz CT molecular complexity index is 1560. The molecule has 0 amide bonds. The van der Waals surface area contributed by atoms with Crippen LogP contribution in [0.3, 0.4) is 0 Å². The van der Waals surface area contributed by atoms with E-state index in [1.54, 1.807) is 24.5 Å². The Kier molecular flexibility index (Phi) is 4.89. The first kappa shape index (κ1) is 20.7. The van der Waals surface area contributed by atoms with Gasteiger partial charge in [0, 0.05) is 27.7 Å². The number of nitrogens with one attached hydrogen (secondary N) is 1. The summed E-state index contributed by atoms with van der Waals surface area (Å²) in [6.45, 7) is 12.1. The lowest BCUT2D eigenvalue weighted by molar-refractivity contribution is 0.504. The highest BCUT2D eigenvalue weighted by Gasteiger charge is 2.20. The lowest BCUT2D eigenvalue weighted by Crippen LogP contribution is -2.23. The Morgan fingerprint density at radius 2 is 1.65 bits per heavy atom. The van der Waals surface area contributed by atoms with Gasteiger partial charge in [-0.15, -0.1) is 0 Å². The van der Waals surface area contributed by atoms with E-state index in [1.807, 2.05) is 24.5 Å². The van der Waals surface area contributed by atoms with Gasteiger partial charge in [0.2, 0.25) is 0 Å². The molecule has 4 aromatic rings. The van der Waals surface area contributed by atoms with Crippen molar-refractivity contribution in [3.8, 4) is 5.69 Å². The predicted octanol–water partition coefficient (Wildman–Crippen LogP) is 3.54. The topological polar surface area (TPSA) is 64.0 Å². The number of halogens is 2. The van der Waals surface area contributed by atoms with Crippen molar-refractivity contribution >= 4 is 39.6 Å². The number of benzene rings is 2. The van der Waals surface area contributed by atoms with E-state index in [0.29, 0.717) is 22.2 Å². The van der Waals surface area contributed by atoms with Gasteiger partial charge in [0.15, 0.2) is 11.6 Å². The lowest BCUT2D eigenvalue weighted by atomic mass is 10.1. The largest absolute Gasteiger partial charge is 0.309 e. The van der Waals surface area contributed by atoms with Crippen LogP contribution in [0.2, 0.25) is 0 Å². The zero-order valence-electron chi connectivity index (χ0n) is 16.9. The van der Waals surface area contributed by atoms with Crippen LogP contribution in [0.25, 0.3) is 29.6 Å². The summed E-state index contributed by atoms with van der Waals surface area (Å²) in [5.41, 5.74) is 2.85. The average molecular weight is 439 g/mol. The molecule has 158 valence electrons. The lowest BCUT2D eigenvalue weighted by Gasteiger charge is -2.11. The Hall–Kier alpha value is -3.52. The number of anilines is 1. The summed E-state index contributed by atoms with van der Waals surface area (Å²) in [4.78, 5) is 3.83. The van der Waals surface area contributed by atoms with Crippen LogP contribution in [-0.2, 0) is 10.0 Å². The van der Waals surface area contributed by atoms with E-state index in [4.69, 9.17) is 0 Å². The molecule has 2 aromatic carbocycles. The maximum Gasteiger partial charge on any atom is 0.262 e. The van der Waals surface area contributed by atoms with Crippen LogP contribution >= 0.6 is 0 Å². The average Bonchev–Trinajstić information content (AvgIpc) is 2.97. The van der Waals surface area contributed by atoms with Crippen molar-refractivity contribution in [2.24, 2.45) is 0 Å². The van der Waals surface area contributed by atoms with E-state index in [0.717, 1.165) is 34.3 Å². The molecule has 0 atom stereocenters. The number of hydrogen-bond donors (Lipinski definition) is 1. The predicted molar refractivity (Wildman–Crippen MR) is 118 cm³/mol. The third-order valence-corrected chi connectivity index (χ3v) is 6.46. The Morgan fingerprint density at radius 1 is 0.935 bits per heavy atom. The molecule has 0 unspecified atom stereocenters. The monoisotopic (exact) mass is 439 g/mol. The SMILES string of the molecule is C=c1c2c(C)ccc(NS(=O)(=O)c3ccc(F)c(F)c3)c2c(=C)n1-c1cncc(C)c1. The molecule has 4 rings (SSSR count). The summed E-state index contributed by atoms with van der Waals surface area (Å²) in [7, 11) is -4.18. The summed E-state index contributed by atoms with van der Waals surface area (Å²) in [6.07, 6.45) is 3.40. The zero-order valence-corrected chi connectivity index (χ0v) is 17.7. The molecule has 0 saturated carbocycles. The molecule has 0 spiro atoms. The van der Waals surface area contributed by atoms with E-state index in [1.165, 1.54) is 0 Å². The van der Waals surface area contributed by atoms with Crippen LogP contribution in [0.4, 0.5) is 14.5 Å². The summed E-state index contributed by atoms with van der Waals surface area (Å²) < 4.78 is 56.9. The molecule has 2 heterocycles. The fourth-order valence-corrected chi connectivity index (χ4v) is 4.75. The summed E-state index contributed by atoms with van der Waals surface area (Å²) in [5.74, 6) is -2.37. The summed E-state index contributed by atoms with van der Waals surface area (Å²) in [6, 6.07) is 7.73. The van der Waals surface area contributed by atoms with Gasteiger partial charge in [-0.1, -0.05) is 19.2 Å². The quantitative estimate of drug-likeness (QED) is 0.529. The van der Waals surface area contributed by atoms with Crippen molar-refractivity contribution in [2.45, 2.75) is 18.7 Å². The smallest absolute Gasteiger partial charge is 0.262 e. The number of aryl methyl sites for hydroxylation is 2. The zero-order chi connectivity index (χ0) is 22.5. The third-order valence-electron chi connectivity index (χ3n) is 5.10. The van der Waals surface area contributed by atoms with Crippen LogP contribution < -0.4 is 15.4 Å². The highest BCUT2D eigenvalue weighted by molar-refractivity contribution is 7.92. The first-order valence-corrected chi connectivity index (χ1v) is 10.8. The van der Waals surface area contributed by atoms with E-state index in [-0.39, 0.29) is 10.6 Å². The molecule has 0 bridgehead atoms. The first-order valence-electron chi connectivity index (χ1n) is 9.32. The van der Waals surface area contributed by atoms with E-state index < -0.39 is 21.7 Å². The molecular formula is C23H19F2N3O2S. The number of aromatic nitrogens is 2. The Balaban J connectivity index is 1.93. The minimum Gasteiger partial charge on any atom is -0.309 e. The number of hydrogen-bond acceptors (Lipinski definition) is 3. The molecule has 8 heteroatoms. The minimum atomic E-state index is -4.18. The number of pyridine rings is 1. The van der Waals surface area contributed by atoms with Crippen molar-refractivity contribution in [1.82, 2.24) is 9.55 Å². The molecule has 0 aliphatic carbocycles. The standard InChI is InChI=1S/C23H19F2N3O2S/c1-13-9-17(12-26-11-13)28-15(3)22-14(2)5-8-21(23(22)16(28)4)27-31(29,30)18-6-7-19(24)20(25)10-18/h5-12,27H,3-4H2,1-2H3. The fourth-order valence-electron chi connectivity index (χ4n) is 3.67. The molecule has 0 aliphatic rings. The van der Waals surface area contributed by atoms with Gasteiger partial charge in [-0.2, -0.15) is 0 Å². The highest BCUT2D eigenvalue weighted by Crippen LogP contribution is 2.26. The van der Waals surface area contributed by atoms with Crippen molar-refractivity contribution in [3.05, 3.63) is 82.3 Å². The molecule has 0 saturated heterocycles. The van der Waals surface area contributed by atoms with Crippen LogP contribution in [0, 0.1) is 25.5 Å². The van der Waals surface area contributed by atoms with Gasteiger partial charge in [0.05, 0.1) is 22.5 Å². The third kappa shape index (κ3) is 3.48. The van der Waals surface area contributed by atoms with E-state index in [2.05, 4.69) is 22.9 Å². The van der Waals surface area contributed by atoms with Crippen LogP contribution in [0.5, 0.6) is 0 Å². The maximum absolute atomic E-state index is 13.6. The Morgan fingerprint density at radius 3 is 2.32 bits per heavy atom. The number of sulfonamides is 1. The van der Waals surface area contributed by atoms with Gasteiger partial charge >= 0.3 is 0 Å². The van der Waals surface area contributed by atoms with Gasteiger partial charge in [0.1, 0.15) is 0 Å². The second-order valence-corrected chi connectivity index (χ2v) is 8.99. The van der Waals surface area contributed by atoms with Gasteiger partial charge in [-0.3, -0.25) is 9.71 Å². The van der Waals surface area contributed by atoms with E-state index in [9.17, 15) is 17.2 Å². The maximum atomic E-state index is 13.6. The number of rotatable bonds is 4. The normalized spacial score (nSPS) is 11.7. The van der Waals surface area contributed by atoms with E-state index >= 15 is 0 Å².